The zero-order chi connectivity index (χ0) is 14.8. The van der Waals surface area contributed by atoms with Gasteiger partial charge in [0.1, 0.15) is 13.2 Å². The SMILES string of the molecule is Nc1cccc2c1CCN(C(=O)COCC(F)(F)F)C2. The van der Waals surface area contributed by atoms with Gasteiger partial charge in [0.2, 0.25) is 5.91 Å². The second-order valence-electron chi connectivity index (χ2n) is 4.66. The van der Waals surface area contributed by atoms with Crippen LogP contribution >= 0.6 is 0 Å². The molecule has 110 valence electrons. The quantitative estimate of drug-likeness (QED) is 0.862. The molecule has 0 spiro atoms. The molecular weight excluding hydrogens is 273 g/mol. The minimum atomic E-state index is -4.41. The zero-order valence-electron chi connectivity index (χ0n) is 10.7. The lowest BCUT2D eigenvalue weighted by molar-refractivity contribution is -0.178. The maximum atomic E-state index is 11.9. The van der Waals surface area contributed by atoms with E-state index < -0.39 is 25.3 Å². The number of hydrogen-bond acceptors (Lipinski definition) is 3. The van der Waals surface area contributed by atoms with Crippen molar-refractivity contribution >= 4 is 11.6 Å². The summed E-state index contributed by atoms with van der Waals surface area (Å²) in [6.07, 6.45) is -3.81. The Labute approximate surface area is 114 Å². The highest BCUT2D eigenvalue weighted by Crippen LogP contribution is 2.24. The molecular formula is C13H15F3N2O2. The number of carbonyl (C=O) groups excluding carboxylic acids is 1. The van der Waals surface area contributed by atoms with Crippen LogP contribution in [-0.2, 0) is 22.5 Å². The summed E-state index contributed by atoms with van der Waals surface area (Å²) in [7, 11) is 0. The molecule has 0 aromatic heterocycles. The van der Waals surface area contributed by atoms with E-state index in [-0.39, 0.29) is 0 Å². The second-order valence-corrected chi connectivity index (χ2v) is 4.66. The molecule has 0 unspecified atom stereocenters. The third-order valence-electron chi connectivity index (χ3n) is 3.15. The van der Waals surface area contributed by atoms with Gasteiger partial charge in [-0.25, -0.2) is 0 Å². The van der Waals surface area contributed by atoms with E-state index in [0.29, 0.717) is 25.2 Å². The van der Waals surface area contributed by atoms with Crippen LogP contribution in [0.1, 0.15) is 11.1 Å². The van der Waals surface area contributed by atoms with Gasteiger partial charge in [-0.05, 0) is 23.6 Å². The molecule has 20 heavy (non-hydrogen) atoms. The van der Waals surface area contributed by atoms with Crippen molar-refractivity contribution in [1.82, 2.24) is 4.90 Å². The highest BCUT2D eigenvalue weighted by molar-refractivity contribution is 5.78. The molecule has 1 amide bonds. The molecule has 1 aromatic rings. The molecule has 7 heteroatoms. The van der Waals surface area contributed by atoms with E-state index in [0.717, 1.165) is 11.1 Å². The first-order chi connectivity index (χ1) is 9.37. The molecule has 1 aliphatic heterocycles. The number of anilines is 1. The van der Waals surface area contributed by atoms with Crippen molar-refractivity contribution in [2.75, 3.05) is 25.5 Å². The van der Waals surface area contributed by atoms with Gasteiger partial charge in [0.05, 0.1) is 0 Å². The van der Waals surface area contributed by atoms with Crippen LogP contribution in [0.2, 0.25) is 0 Å². The van der Waals surface area contributed by atoms with Gasteiger partial charge >= 0.3 is 6.18 Å². The monoisotopic (exact) mass is 288 g/mol. The Hall–Kier alpha value is -1.76. The number of halogens is 3. The fourth-order valence-electron chi connectivity index (χ4n) is 2.20. The van der Waals surface area contributed by atoms with Gasteiger partial charge in [-0.2, -0.15) is 13.2 Å². The topological polar surface area (TPSA) is 55.6 Å². The van der Waals surface area contributed by atoms with E-state index >= 15 is 0 Å². The first-order valence-electron chi connectivity index (χ1n) is 6.15. The van der Waals surface area contributed by atoms with Gasteiger partial charge in [-0.3, -0.25) is 4.79 Å². The normalized spacial score (nSPS) is 15.1. The summed E-state index contributed by atoms with van der Waals surface area (Å²) in [5.74, 6) is -0.442. The van der Waals surface area contributed by atoms with E-state index in [9.17, 15) is 18.0 Å². The first-order valence-corrected chi connectivity index (χ1v) is 6.15. The predicted molar refractivity (Wildman–Crippen MR) is 66.8 cm³/mol. The van der Waals surface area contributed by atoms with Crippen molar-refractivity contribution < 1.29 is 22.7 Å². The molecule has 1 aromatic carbocycles. The van der Waals surface area contributed by atoms with Gasteiger partial charge in [-0.1, -0.05) is 12.1 Å². The molecule has 0 radical (unpaired) electrons. The highest BCUT2D eigenvalue weighted by atomic mass is 19.4. The lowest BCUT2D eigenvalue weighted by Crippen LogP contribution is -2.39. The number of amides is 1. The Bertz CT molecular complexity index is 503. The predicted octanol–water partition coefficient (Wildman–Crippen LogP) is 1.73. The molecule has 0 saturated heterocycles. The fraction of sp³-hybridized carbons (Fsp3) is 0.462. The number of carbonyl (C=O) groups is 1. The van der Waals surface area contributed by atoms with E-state index in [1.807, 2.05) is 6.07 Å². The number of hydrogen-bond donors (Lipinski definition) is 1. The largest absolute Gasteiger partial charge is 0.411 e. The molecule has 0 saturated carbocycles. The number of fused-ring (bicyclic) bond motifs is 1. The number of alkyl halides is 3. The number of nitrogens with zero attached hydrogens (tertiary/aromatic N) is 1. The number of nitrogen functional groups attached to an aromatic ring is 1. The van der Waals surface area contributed by atoms with E-state index in [1.54, 1.807) is 12.1 Å². The maximum absolute atomic E-state index is 11.9. The first kappa shape index (κ1) is 14.6. The van der Waals surface area contributed by atoms with Crippen LogP contribution in [0, 0.1) is 0 Å². The van der Waals surface area contributed by atoms with Crippen molar-refractivity contribution in [3.8, 4) is 0 Å². The number of nitrogens with two attached hydrogens (primary N) is 1. The van der Waals surface area contributed by atoms with Crippen molar-refractivity contribution in [1.29, 1.82) is 0 Å². The molecule has 1 aliphatic rings. The summed E-state index contributed by atoms with van der Waals surface area (Å²) in [5, 5.41) is 0. The number of ether oxygens (including phenoxy) is 1. The Morgan fingerprint density at radius 3 is 2.85 bits per heavy atom. The molecule has 2 rings (SSSR count). The van der Waals surface area contributed by atoms with E-state index in [1.165, 1.54) is 4.90 Å². The lowest BCUT2D eigenvalue weighted by Gasteiger charge is -2.29. The number of benzene rings is 1. The summed E-state index contributed by atoms with van der Waals surface area (Å²) in [4.78, 5) is 13.3. The molecule has 0 aliphatic carbocycles. The molecule has 0 atom stereocenters. The van der Waals surface area contributed by atoms with Crippen LogP contribution < -0.4 is 5.73 Å². The van der Waals surface area contributed by atoms with Gasteiger partial charge in [-0.15, -0.1) is 0 Å². The van der Waals surface area contributed by atoms with E-state index in [4.69, 9.17) is 5.73 Å². The maximum Gasteiger partial charge on any atom is 0.411 e. The van der Waals surface area contributed by atoms with Crippen LogP contribution in [0.25, 0.3) is 0 Å². The van der Waals surface area contributed by atoms with Crippen LogP contribution in [0.3, 0.4) is 0 Å². The third-order valence-corrected chi connectivity index (χ3v) is 3.15. The molecule has 1 heterocycles. The van der Waals surface area contributed by atoms with Crippen LogP contribution in [-0.4, -0.2) is 36.7 Å². The molecule has 4 nitrogen and oxygen atoms in total. The van der Waals surface area contributed by atoms with Crippen LogP contribution in [0.15, 0.2) is 18.2 Å². The Morgan fingerprint density at radius 2 is 2.15 bits per heavy atom. The molecule has 0 fully saturated rings. The van der Waals surface area contributed by atoms with E-state index in [2.05, 4.69) is 4.74 Å². The van der Waals surface area contributed by atoms with Gasteiger partial charge in [0, 0.05) is 18.8 Å². The average Bonchev–Trinajstić information content (AvgIpc) is 2.37. The summed E-state index contributed by atoms with van der Waals surface area (Å²) >= 11 is 0. The highest BCUT2D eigenvalue weighted by Gasteiger charge is 2.29. The number of rotatable bonds is 3. The average molecular weight is 288 g/mol. The van der Waals surface area contributed by atoms with Crippen molar-refractivity contribution in [2.45, 2.75) is 19.1 Å². The minimum Gasteiger partial charge on any atom is -0.398 e. The van der Waals surface area contributed by atoms with Crippen molar-refractivity contribution in [3.63, 3.8) is 0 Å². The minimum absolute atomic E-state index is 0.356. The Morgan fingerprint density at radius 1 is 1.40 bits per heavy atom. The van der Waals surface area contributed by atoms with Gasteiger partial charge in [0.15, 0.2) is 0 Å². The second kappa shape index (κ2) is 5.70. The van der Waals surface area contributed by atoms with Crippen LogP contribution in [0.5, 0.6) is 0 Å². The smallest absolute Gasteiger partial charge is 0.398 e. The Balaban J connectivity index is 1.91. The van der Waals surface area contributed by atoms with Crippen molar-refractivity contribution in [2.24, 2.45) is 0 Å². The summed E-state index contributed by atoms with van der Waals surface area (Å²) in [5.41, 5.74) is 8.46. The lowest BCUT2D eigenvalue weighted by atomic mass is 9.98. The van der Waals surface area contributed by atoms with Gasteiger partial charge < -0.3 is 15.4 Å². The standard InChI is InChI=1S/C13H15F3N2O2/c14-13(15,16)8-20-7-12(19)18-5-4-10-9(6-18)2-1-3-11(10)17/h1-3H,4-8,17H2. The zero-order valence-corrected chi connectivity index (χ0v) is 10.7. The van der Waals surface area contributed by atoms with Crippen molar-refractivity contribution in [3.05, 3.63) is 29.3 Å². The summed E-state index contributed by atoms with van der Waals surface area (Å²) < 4.78 is 40.2. The Kier molecular flexibility index (Phi) is 4.17. The summed E-state index contributed by atoms with van der Waals surface area (Å²) in [6.45, 7) is -1.17. The fourth-order valence-corrected chi connectivity index (χ4v) is 2.20. The van der Waals surface area contributed by atoms with Crippen LogP contribution in [0.4, 0.5) is 18.9 Å². The third kappa shape index (κ3) is 3.63. The summed E-state index contributed by atoms with van der Waals surface area (Å²) in [6, 6.07) is 5.45. The molecule has 2 N–H and O–H groups in total. The molecule has 0 bridgehead atoms. The van der Waals surface area contributed by atoms with Gasteiger partial charge in [0.25, 0.3) is 0 Å².